The van der Waals surface area contributed by atoms with Gasteiger partial charge in [0.15, 0.2) is 0 Å². The molecule has 3 aromatic carbocycles. The van der Waals surface area contributed by atoms with Gasteiger partial charge < -0.3 is 10.2 Å². The van der Waals surface area contributed by atoms with Crippen LogP contribution in [-0.4, -0.2) is 18.9 Å². The molecule has 0 fully saturated rings. The monoisotopic (exact) mass is 408 g/mol. The summed E-state index contributed by atoms with van der Waals surface area (Å²) in [6.07, 6.45) is 0. The minimum absolute atomic E-state index is 0.145. The molecule has 4 nitrogen and oxygen atoms in total. The van der Waals surface area contributed by atoms with Crippen molar-refractivity contribution in [3.63, 3.8) is 0 Å². The number of halogens is 1. The van der Waals surface area contributed by atoms with Gasteiger partial charge in [-0.1, -0.05) is 36.4 Å². The van der Waals surface area contributed by atoms with Crippen LogP contribution < -0.4 is 10.2 Å². The molecule has 0 aliphatic heterocycles. The second-order valence-electron chi connectivity index (χ2n) is 5.71. The zero-order valence-electron chi connectivity index (χ0n) is 14.1. The van der Waals surface area contributed by atoms with Crippen molar-refractivity contribution in [3.8, 4) is 0 Å². The van der Waals surface area contributed by atoms with Crippen LogP contribution in [0.5, 0.6) is 0 Å². The lowest BCUT2D eigenvalue weighted by atomic mass is 10.1. The highest BCUT2D eigenvalue weighted by Crippen LogP contribution is 2.20. The molecule has 0 saturated carbocycles. The third-order valence-corrected chi connectivity index (χ3v) is 4.63. The van der Waals surface area contributed by atoms with Gasteiger partial charge in [0.25, 0.3) is 11.8 Å². The number of nitrogens with zero attached hydrogens (tertiary/aromatic N) is 1. The van der Waals surface area contributed by atoms with E-state index in [1.165, 1.54) is 0 Å². The Hall–Kier alpha value is -2.92. The van der Waals surface area contributed by atoms with Crippen molar-refractivity contribution >= 4 is 39.1 Å². The fraction of sp³-hybridized carbons (Fsp3) is 0.0476. The SMILES string of the molecule is CN(C(=O)c1cccc(NC(=O)c2ccccc2Br)c1)c1ccccc1. The average Bonchev–Trinajstić information content (AvgIpc) is 2.68. The Kier molecular flexibility index (Phi) is 5.49. The quantitative estimate of drug-likeness (QED) is 0.661. The number of carbonyl (C=O) groups is 2. The number of rotatable bonds is 4. The fourth-order valence-corrected chi connectivity index (χ4v) is 3.00. The molecular weight excluding hydrogens is 392 g/mol. The minimum atomic E-state index is -0.238. The maximum atomic E-state index is 12.7. The highest BCUT2D eigenvalue weighted by atomic mass is 79.9. The van der Waals surface area contributed by atoms with Gasteiger partial charge in [0, 0.05) is 28.5 Å². The van der Waals surface area contributed by atoms with Gasteiger partial charge in [-0.05, 0) is 58.4 Å². The maximum absolute atomic E-state index is 12.7. The second-order valence-corrected chi connectivity index (χ2v) is 6.57. The van der Waals surface area contributed by atoms with Crippen molar-refractivity contribution in [2.24, 2.45) is 0 Å². The number of para-hydroxylation sites is 1. The molecule has 3 rings (SSSR count). The first-order valence-corrected chi connectivity index (χ1v) is 8.84. The molecular formula is C21H17BrN2O2. The summed E-state index contributed by atoms with van der Waals surface area (Å²) < 4.78 is 0.716. The van der Waals surface area contributed by atoms with Gasteiger partial charge in [0.2, 0.25) is 0 Å². The van der Waals surface area contributed by atoms with Gasteiger partial charge in [-0.25, -0.2) is 0 Å². The number of anilines is 2. The van der Waals surface area contributed by atoms with Gasteiger partial charge in [-0.2, -0.15) is 0 Å². The van der Waals surface area contributed by atoms with E-state index in [0.717, 1.165) is 5.69 Å². The Morgan fingerprint density at radius 2 is 1.58 bits per heavy atom. The number of nitrogens with one attached hydrogen (secondary N) is 1. The van der Waals surface area contributed by atoms with E-state index in [4.69, 9.17) is 0 Å². The molecule has 26 heavy (non-hydrogen) atoms. The Labute approximate surface area is 160 Å². The van der Waals surface area contributed by atoms with Crippen molar-refractivity contribution in [1.82, 2.24) is 0 Å². The van der Waals surface area contributed by atoms with E-state index in [2.05, 4.69) is 21.2 Å². The zero-order valence-corrected chi connectivity index (χ0v) is 15.7. The maximum Gasteiger partial charge on any atom is 0.258 e. The van der Waals surface area contributed by atoms with Crippen molar-refractivity contribution < 1.29 is 9.59 Å². The Morgan fingerprint density at radius 1 is 0.885 bits per heavy atom. The molecule has 1 N–H and O–H groups in total. The van der Waals surface area contributed by atoms with Gasteiger partial charge >= 0.3 is 0 Å². The largest absolute Gasteiger partial charge is 0.322 e. The van der Waals surface area contributed by atoms with Crippen LogP contribution in [0.4, 0.5) is 11.4 Å². The Balaban J connectivity index is 1.79. The van der Waals surface area contributed by atoms with E-state index in [1.807, 2.05) is 42.5 Å². The standard InChI is InChI=1S/C21H17BrN2O2/c1-24(17-10-3-2-4-11-17)21(26)15-8-7-9-16(14-15)23-20(25)18-12-5-6-13-19(18)22/h2-14H,1H3,(H,23,25). The Bertz CT molecular complexity index is 942. The summed E-state index contributed by atoms with van der Waals surface area (Å²) in [5.41, 5.74) is 2.41. The van der Waals surface area contributed by atoms with Crippen molar-refractivity contribution in [2.45, 2.75) is 0 Å². The number of hydrogen-bond acceptors (Lipinski definition) is 2. The van der Waals surface area contributed by atoms with Crippen LogP contribution in [0, 0.1) is 0 Å². The molecule has 130 valence electrons. The molecule has 2 amide bonds. The lowest BCUT2D eigenvalue weighted by Gasteiger charge is -2.17. The van der Waals surface area contributed by atoms with Gasteiger partial charge in [-0.15, -0.1) is 0 Å². The first kappa shape index (κ1) is 17.9. The molecule has 0 aliphatic rings. The number of hydrogen-bond donors (Lipinski definition) is 1. The molecule has 3 aromatic rings. The van der Waals surface area contributed by atoms with Crippen LogP contribution in [0.1, 0.15) is 20.7 Å². The molecule has 5 heteroatoms. The van der Waals surface area contributed by atoms with Crippen LogP contribution in [0.2, 0.25) is 0 Å². The summed E-state index contributed by atoms with van der Waals surface area (Å²) in [6.45, 7) is 0. The molecule has 0 atom stereocenters. The Morgan fingerprint density at radius 3 is 2.31 bits per heavy atom. The first-order chi connectivity index (χ1) is 12.6. The van der Waals surface area contributed by atoms with E-state index < -0.39 is 0 Å². The molecule has 0 heterocycles. The van der Waals surface area contributed by atoms with Crippen molar-refractivity contribution in [3.05, 3.63) is 94.5 Å². The lowest BCUT2D eigenvalue weighted by Crippen LogP contribution is -2.26. The molecule has 0 unspecified atom stereocenters. The third kappa shape index (κ3) is 4.00. The molecule has 0 saturated heterocycles. The zero-order chi connectivity index (χ0) is 18.5. The normalized spacial score (nSPS) is 10.2. The smallest absolute Gasteiger partial charge is 0.258 e. The summed E-state index contributed by atoms with van der Waals surface area (Å²) in [6, 6.07) is 23.5. The van der Waals surface area contributed by atoms with Crippen LogP contribution >= 0.6 is 15.9 Å². The van der Waals surface area contributed by atoms with Gasteiger partial charge in [0.05, 0.1) is 5.56 Å². The van der Waals surface area contributed by atoms with Crippen LogP contribution in [0.3, 0.4) is 0 Å². The minimum Gasteiger partial charge on any atom is -0.322 e. The first-order valence-electron chi connectivity index (χ1n) is 8.05. The molecule has 0 aromatic heterocycles. The van der Waals surface area contributed by atoms with E-state index in [1.54, 1.807) is 48.3 Å². The van der Waals surface area contributed by atoms with E-state index in [9.17, 15) is 9.59 Å². The van der Waals surface area contributed by atoms with Gasteiger partial charge in [0.1, 0.15) is 0 Å². The molecule has 0 radical (unpaired) electrons. The van der Waals surface area contributed by atoms with Crippen molar-refractivity contribution in [1.29, 1.82) is 0 Å². The van der Waals surface area contributed by atoms with Crippen LogP contribution in [0.15, 0.2) is 83.3 Å². The summed E-state index contributed by atoms with van der Waals surface area (Å²) >= 11 is 3.37. The third-order valence-electron chi connectivity index (χ3n) is 3.93. The summed E-state index contributed by atoms with van der Waals surface area (Å²) in [4.78, 5) is 26.7. The molecule has 0 spiro atoms. The van der Waals surface area contributed by atoms with E-state index in [-0.39, 0.29) is 11.8 Å². The summed E-state index contributed by atoms with van der Waals surface area (Å²) in [5, 5.41) is 2.83. The van der Waals surface area contributed by atoms with E-state index in [0.29, 0.717) is 21.3 Å². The van der Waals surface area contributed by atoms with Crippen LogP contribution in [0.25, 0.3) is 0 Å². The predicted octanol–water partition coefficient (Wildman–Crippen LogP) is 4.98. The van der Waals surface area contributed by atoms with Crippen molar-refractivity contribution in [2.75, 3.05) is 17.3 Å². The number of carbonyl (C=O) groups excluding carboxylic acids is 2. The number of amides is 2. The lowest BCUT2D eigenvalue weighted by molar-refractivity contribution is 0.0990. The van der Waals surface area contributed by atoms with E-state index >= 15 is 0 Å². The predicted molar refractivity (Wildman–Crippen MR) is 108 cm³/mol. The van der Waals surface area contributed by atoms with Gasteiger partial charge in [-0.3, -0.25) is 9.59 Å². The van der Waals surface area contributed by atoms with Crippen LogP contribution in [-0.2, 0) is 0 Å². The topological polar surface area (TPSA) is 49.4 Å². The highest BCUT2D eigenvalue weighted by Gasteiger charge is 2.15. The fourth-order valence-electron chi connectivity index (χ4n) is 2.54. The number of benzene rings is 3. The molecule has 0 aliphatic carbocycles. The average molecular weight is 409 g/mol. The summed E-state index contributed by atoms with van der Waals surface area (Å²) in [7, 11) is 1.73. The second kappa shape index (κ2) is 7.97. The molecule has 0 bridgehead atoms. The summed E-state index contributed by atoms with van der Waals surface area (Å²) in [5.74, 6) is -0.383. The highest BCUT2D eigenvalue weighted by molar-refractivity contribution is 9.10.